The Balaban J connectivity index is 2.34. The van der Waals surface area contributed by atoms with E-state index in [1.807, 2.05) is 31.2 Å². The highest BCUT2D eigenvalue weighted by Gasteiger charge is 2.11. The maximum absolute atomic E-state index is 5.37. The van der Waals surface area contributed by atoms with Crippen molar-refractivity contribution in [1.29, 1.82) is 0 Å². The minimum Gasteiger partial charge on any atom is -0.471 e. The van der Waals surface area contributed by atoms with Crippen LogP contribution in [0.15, 0.2) is 29.4 Å². The van der Waals surface area contributed by atoms with E-state index < -0.39 is 0 Å². The molecule has 0 aromatic heterocycles. The number of benzene rings is 1. The van der Waals surface area contributed by atoms with Crippen LogP contribution in [0, 0.1) is 6.92 Å². The number of rotatable bonds is 1. The Labute approximate surface area is 77.0 Å². The summed E-state index contributed by atoms with van der Waals surface area (Å²) in [6, 6.07) is 7.95. The number of hydrogen-bond acceptors (Lipinski definition) is 3. The molecule has 0 radical (unpaired) electrons. The number of ether oxygens (including phenoxy) is 1. The predicted molar refractivity (Wildman–Crippen MR) is 49.6 cm³/mol. The van der Waals surface area contributed by atoms with Crippen molar-refractivity contribution in [1.82, 2.24) is 0 Å². The van der Waals surface area contributed by atoms with Crippen LogP contribution in [0.3, 0.4) is 0 Å². The fourth-order valence-electron chi connectivity index (χ4n) is 1.25. The molecular weight excluding hydrogens is 166 g/mol. The fraction of sp³-hybridized carbons (Fsp3) is 0.300. The molecule has 0 saturated heterocycles. The van der Waals surface area contributed by atoms with Crippen LogP contribution in [0.25, 0.3) is 0 Å². The molecule has 0 N–H and O–H groups in total. The van der Waals surface area contributed by atoms with Crippen molar-refractivity contribution in [2.75, 3.05) is 13.2 Å². The summed E-state index contributed by atoms with van der Waals surface area (Å²) in [4.78, 5) is 4.95. The maximum atomic E-state index is 5.37. The van der Waals surface area contributed by atoms with Gasteiger partial charge in [0.2, 0.25) is 0 Å². The summed E-state index contributed by atoms with van der Waals surface area (Å²) < 4.78 is 5.37. The lowest BCUT2D eigenvalue weighted by molar-refractivity contribution is 0.0655. The van der Waals surface area contributed by atoms with Gasteiger partial charge in [0.05, 0.1) is 0 Å². The molecule has 1 aliphatic heterocycles. The Bertz CT molecular complexity index is 333. The molecule has 3 heteroatoms. The number of nitrogens with zero attached hydrogens (tertiary/aromatic N) is 1. The van der Waals surface area contributed by atoms with E-state index in [-0.39, 0.29) is 0 Å². The average Bonchev–Trinajstić information content (AvgIpc) is 2.20. The van der Waals surface area contributed by atoms with Gasteiger partial charge in [-0.1, -0.05) is 18.2 Å². The summed E-state index contributed by atoms with van der Waals surface area (Å²) in [6.07, 6.45) is 0. The molecule has 1 heterocycles. The van der Waals surface area contributed by atoms with E-state index in [1.54, 1.807) is 0 Å². The van der Waals surface area contributed by atoms with Crippen LogP contribution in [-0.2, 0) is 9.57 Å². The molecule has 3 nitrogen and oxygen atoms in total. The summed E-state index contributed by atoms with van der Waals surface area (Å²) in [5.74, 6) is 0.587. The van der Waals surface area contributed by atoms with Crippen molar-refractivity contribution in [3.05, 3.63) is 35.4 Å². The summed E-state index contributed by atoms with van der Waals surface area (Å²) in [5, 5.41) is 3.85. The SMILES string of the molecule is Cc1ccccc1C1=NOCCO1. The van der Waals surface area contributed by atoms with Gasteiger partial charge < -0.3 is 9.57 Å². The van der Waals surface area contributed by atoms with Crippen molar-refractivity contribution in [3.8, 4) is 0 Å². The van der Waals surface area contributed by atoms with Gasteiger partial charge in [-0.3, -0.25) is 0 Å². The quantitative estimate of drug-likeness (QED) is 0.653. The first kappa shape index (κ1) is 8.10. The summed E-state index contributed by atoms with van der Waals surface area (Å²) in [6.45, 7) is 3.14. The third kappa shape index (κ3) is 1.64. The first-order chi connectivity index (χ1) is 6.38. The lowest BCUT2D eigenvalue weighted by Crippen LogP contribution is -2.17. The summed E-state index contributed by atoms with van der Waals surface area (Å²) in [5.41, 5.74) is 2.15. The van der Waals surface area contributed by atoms with Gasteiger partial charge in [-0.05, 0) is 23.7 Å². The van der Waals surface area contributed by atoms with E-state index in [1.165, 1.54) is 0 Å². The van der Waals surface area contributed by atoms with Gasteiger partial charge in [-0.15, -0.1) is 0 Å². The predicted octanol–water partition coefficient (Wildman–Crippen LogP) is 1.70. The first-order valence-electron chi connectivity index (χ1n) is 4.27. The van der Waals surface area contributed by atoms with Crippen LogP contribution >= 0.6 is 0 Å². The smallest absolute Gasteiger partial charge is 0.257 e. The zero-order chi connectivity index (χ0) is 9.10. The largest absolute Gasteiger partial charge is 0.471 e. The summed E-state index contributed by atoms with van der Waals surface area (Å²) >= 11 is 0. The molecule has 0 bridgehead atoms. The average molecular weight is 177 g/mol. The Morgan fingerprint density at radius 2 is 2.08 bits per heavy atom. The third-order valence-electron chi connectivity index (χ3n) is 1.94. The van der Waals surface area contributed by atoms with Crippen LogP contribution < -0.4 is 0 Å². The summed E-state index contributed by atoms with van der Waals surface area (Å²) in [7, 11) is 0. The van der Waals surface area contributed by atoms with Crippen LogP contribution in [0.1, 0.15) is 11.1 Å². The maximum Gasteiger partial charge on any atom is 0.257 e. The lowest BCUT2D eigenvalue weighted by atomic mass is 10.1. The van der Waals surface area contributed by atoms with E-state index in [2.05, 4.69) is 5.16 Å². The lowest BCUT2D eigenvalue weighted by Gasteiger charge is -2.14. The van der Waals surface area contributed by atoms with Crippen molar-refractivity contribution < 1.29 is 9.57 Å². The monoisotopic (exact) mass is 177 g/mol. The second-order valence-corrected chi connectivity index (χ2v) is 2.89. The molecule has 0 spiro atoms. The topological polar surface area (TPSA) is 30.8 Å². The molecule has 1 aliphatic rings. The molecule has 0 saturated carbocycles. The number of hydrogen-bond donors (Lipinski definition) is 0. The molecule has 13 heavy (non-hydrogen) atoms. The van der Waals surface area contributed by atoms with Crippen LogP contribution in [-0.4, -0.2) is 19.1 Å². The van der Waals surface area contributed by atoms with Crippen molar-refractivity contribution in [3.63, 3.8) is 0 Å². The van der Waals surface area contributed by atoms with Gasteiger partial charge in [-0.25, -0.2) is 0 Å². The highest BCUT2D eigenvalue weighted by atomic mass is 16.7. The third-order valence-corrected chi connectivity index (χ3v) is 1.94. The molecule has 0 fully saturated rings. The Hall–Kier alpha value is -1.51. The van der Waals surface area contributed by atoms with E-state index in [9.17, 15) is 0 Å². The molecule has 0 atom stereocenters. The molecule has 0 aliphatic carbocycles. The minimum atomic E-state index is 0.537. The van der Waals surface area contributed by atoms with Gasteiger partial charge in [0.25, 0.3) is 5.90 Å². The van der Waals surface area contributed by atoms with Gasteiger partial charge in [-0.2, -0.15) is 0 Å². The molecular formula is C10H11NO2. The van der Waals surface area contributed by atoms with E-state index in [4.69, 9.17) is 9.57 Å². The molecule has 1 aromatic rings. The molecule has 0 amide bonds. The standard InChI is InChI=1S/C10H11NO2/c1-8-4-2-3-5-9(8)10-11-13-7-6-12-10/h2-5H,6-7H2,1H3. The zero-order valence-electron chi connectivity index (χ0n) is 7.49. The molecule has 68 valence electrons. The second kappa shape index (κ2) is 3.47. The highest BCUT2D eigenvalue weighted by Crippen LogP contribution is 2.11. The highest BCUT2D eigenvalue weighted by molar-refractivity contribution is 5.95. The van der Waals surface area contributed by atoms with Gasteiger partial charge in [0, 0.05) is 5.56 Å². The van der Waals surface area contributed by atoms with E-state index in [0.29, 0.717) is 19.1 Å². The minimum absolute atomic E-state index is 0.537. The van der Waals surface area contributed by atoms with Crippen molar-refractivity contribution in [2.24, 2.45) is 5.16 Å². The zero-order valence-corrected chi connectivity index (χ0v) is 7.49. The molecule has 1 aromatic carbocycles. The van der Waals surface area contributed by atoms with Gasteiger partial charge in [0.15, 0.2) is 6.61 Å². The number of aryl methyl sites for hydroxylation is 1. The Morgan fingerprint density at radius 3 is 2.77 bits per heavy atom. The van der Waals surface area contributed by atoms with Crippen LogP contribution in [0.4, 0.5) is 0 Å². The Morgan fingerprint density at radius 1 is 1.23 bits per heavy atom. The Kier molecular flexibility index (Phi) is 2.17. The number of oxime groups is 1. The first-order valence-corrected chi connectivity index (χ1v) is 4.27. The van der Waals surface area contributed by atoms with Crippen molar-refractivity contribution in [2.45, 2.75) is 6.92 Å². The molecule has 0 unspecified atom stereocenters. The van der Waals surface area contributed by atoms with Crippen LogP contribution in [0.5, 0.6) is 0 Å². The second-order valence-electron chi connectivity index (χ2n) is 2.89. The van der Waals surface area contributed by atoms with E-state index >= 15 is 0 Å². The normalized spacial score (nSPS) is 15.6. The fourth-order valence-corrected chi connectivity index (χ4v) is 1.25. The van der Waals surface area contributed by atoms with Crippen molar-refractivity contribution >= 4 is 5.90 Å². The van der Waals surface area contributed by atoms with Gasteiger partial charge >= 0.3 is 0 Å². The molecule has 2 rings (SSSR count). The van der Waals surface area contributed by atoms with Crippen LogP contribution in [0.2, 0.25) is 0 Å². The van der Waals surface area contributed by atoms with Gasteiger partial charge in [0.1, 0.15) is 6.61 Å². The van der Waals surface area contributed by atoms with E-state index in [0.717, 1.165) is 11.1 Å².